The highest BCUT2D eigenvalue weighted by atomic mass is 16.1. The highest BCUT2D eigenvalue weighted by Gasteiger charge is 2.08. The van der Waals surface area contributed by atoms with Crippen molar-refractivity contribution in [2.24, 2.45) is 5.73 Å². The summed E-state index contributed by atoms with van der Waals surface area (Å²) in [5, 5.41) is 3.44. The molecule has 0 saturated carbocycles. The van der Waals surface area contributed by atoms with E-state index in [0.717, 1.165) is 11.3 Å². The predicted molar refractivity (Wildman–Crippen MR) is 78.2 cm³/mol. The zero-order valence-corrected chi connectivity index (χ0v) is 11.2. The standard InChI is InChI=1S/C16H18N2O/c1-11-10-14(16(17)19)8-9-15(11)18-12(2)13-6-4-3-5-7-13/h3-10,12,18H,1-2H3,(H2,17,19). The van der Waals surface area contributed by atoms with Crippen LogP contribution < -0.4 is 11.1 Å². The molecule has 1 unspecified atom stereocenters. The molecule has 3 nitrogen and oxygen atoms in total. The first kappa shape index (κ1) is 13.1. The maximum atomic E-state index is 11.1. The van der Waals surface area contributed by atoms with Crippen molar-refractivity contribution in [3.63, 3.8) is 0 Å². The van der Waals surface area contributed by atoms with Crippen LogP contribution in [0, 0.1) is 6.92 Å². The molecular formula is C16H18N2O. The summed E-state index contributed by atoms with van der Waals surface area (Å²) >= 11 is 0. The van der Waals surface area contributed by atoms with E-state index in [-0.39, 0.29) is 6.04 Å². The smallest absolute Gasteiger partial charge is 0.248 e. The van der Waals surface area contributed by atoms with Gasteiger partial charge in [0.15, 0.2) is 0 Å². The number of aryl methyl sites for hydroxylation is 1. The second-order valence-corrected chi connectivity index (χ2v) is 4.67. The third kappa shape index (κ3) is 3.13. The van der Waals surface area contributed by atoms with Gasteiger partial charge in [-0.25, -0.2) is 0 Å². The lowest BCUT2D eigenvalue weighted by molar-refractivity contribution is 0.1000. The molecule has 1 atom stereocenters. The Morgan fingerprint density at radius 3 is 2.42 bits per heavy atom. The maximum absolute atomic E-state index is 11.1. The molecule has 19 heavy (non-hydrogen) atoms. The van der Waals surface area contributed by atoms with E-state index < -0.39 is 5.91 Å². The molecule has 0 aliphatic rings. The zero-order chi connectivity index (χ0) is 13.8. The molecule has 0 bridgehead atoms. The van der Waals surface area contributed by atoms with Crippen LogP contribution in [-0.2, 0) is 0 Å². The Hall–Kier alpha value is -2.29. The number of primary amides is 1. The summed E-state index contributed by atoms with van der Waals surface area (Å²) < 4.78 is 0. The Bertz CT molecular complexity index is 579. The molecule has 3 N–H and O–H groups in total. The Kier molecular flexibility index (Phi) is 3.85. The van der Waals surface area contributed by atoms with Gasteiger partial charge in [-0.3, -0.25) is 4.79 Å². The van der Waals surface area contributed by atoms with Crippen molar-refractivity contribution in [3.8, 4) is 0 Å². The van der Waals surface area contributed by atoms with Gasteiger partial charge in [0.25, 0.3) is 0 Å². The Labute approximate surface area is 113 Å². The van der Waals surface area contributed by atoms with E-state index in [1.54, 1.807) is 6.07 Å². The summed E-state index contributed by atoms with van der Waals surface area (Å²) in [6.45, 7) is 4.07. The average molecular weight is 254 g/mol. The zero-order valence-electron chi connectivity index (χ0n) is 11.2. The lowest BCUT2D eigenvalue weighted by atomic mass is 10.1. The molecule has 2 aromatic rings. The Balaban J connectivity index is 2.18. The fourth-order valence-corrected chi connectivity index (χ4v) is 2.04. The lowest BCUT2D eigenvalue weighted by Crippen LogP contribution is -2.12. The van der Waals surface area contributed by atoms with Crippen molar-refractivity contribution >= 4 is 11.6 Å². The molecule has 2 rings (SSSR count). The van der Waals surface area contributed by atoms with Crippen LogP contribution in [0.15, 0.2) is 48.5 Å². The first-order valence-corrected chi connectivity index (χ1v) is 6.30. The molecule has 0 aliphatic heterocycles. The Morgan fingerprint density at radius 2 is 1.84 bits per heavy atom. The summed E-state index contributed by atoms with van der Waals surface area (Å²) in [4.78, 5) is 11.1. The molecule has 0 saturated heterocycles. The van der Waals surface area contributed by atoms with E-state index in [1.165, 1.54) is 5.56 Å². The summed E-state index contributed by atoms with van der Waals surface area (Å²) in [5.41, 5.74) is 9.05. The average Bonchev–Trinajstić information content (AvgIpc) is 2.41. The highest BCUT2D eigenvalue weighted by molar-refractivity contribution is 5.93. The molecule has 1 amide bonds. The largest absolute Gasteiger partial charge is 0.378 e. The number of hydrogen-bond donors (Lipinski definition) is 2. The minimum absolute atomic E-state index is 0.208. The summed E-state index contributed by atoms with van der Waals surface area (Å²) in [5.74, 6) is -0.397. The molecule has 98 valence electrons. The van der Waals surface area contributed by atoms with Gasteiger partial charge < -0.3 is 11.1 Å². The van der Waals surface area contributed by atoms with E-state index in [0.29, 0.717) is 5.56 Å². The van der Waals surface area contributed by atoms with Crippen LogP contribution in [0.5, 0.6) is 0 Å². The fraction of sp³-hybridized carbons (Fsp3) is 0.188. The lowest BCUT2D eigenvalue weighted by Gasteiger charge is -2.17. The second kappa shape index (κ2) is 5.57. The van der Waals surface area contributed by atoms with Gasteiger partial charge in [-0.05, 0) is 43.2 Å². The maximum Gasteiger partial charge on any atom is 0.248 e. The first-order valence-electron chi connectivity index (χ1n) is 6.30. The topological polar surface area (TPSA) is 55.1 Å². The summed E-state index contributed by atoms with van der Waals surface area (Å²) in [7, 11) is 0. The van der Waals surface area contributed by atoms with Gasteiger partial charge in [0.05, 0.1) is 0 Å². The van der Waals surface area contributed by atoms with E-state index in [1.807, 2.05) is 37.3 Å². The number of hydrogen-bond acceptors (Lipinski definition) is 2. The SMILES string of the molecule is Cc1cc(C(N)=O)ccc1NC(C)c1ccccc1. The van der Waals surface area contributed by atoms with Crippen LogP contribution in [0.4, 0.5) is 5.69 Å². The minimum atomic E-state index is -0.397. The van der Waals surface area contributed by atoms with Crippen molar-refractivity contribution in [2.45, 2.75) is 19.9 Å². The van der Waals surface area contributed by atoms with E-state index in [2.05, 4.69) is 24.4 Å². The van der Waals surface area contributed by atoms with E-state index >= 15 is 0 Å². The van der Waals surface area contributed by atoms with Crippen LogP contribution in [0.1, 0.15) is 34.5 Å². The molecule has 0 fully saturated rings. The molecule has 0 radical (unpaired) electrons. The van der Waals surface area contributed by atoms with Crippen molar-refractivity contribution in [1.82, 2.24) is 0 Å². The number of amides is 1. The molecule has 0 aliphatic carbocycles. The number of nitrogens with one attached hydrogen (secondary N) is 1. The van der Waals surface area contributed by atoms with Crippen molar-refractivity contribution in [2.75, 3.05) is 5.32 Å². The Morgan fingerprint density at radius 1 is 1.16 bits per heavy atom. The predicted octanol–water partition coefficient (Wildman–Crippen LogP) is 3.27. The van der Waals surface area contributed by atoms with Gasteiger partial charge in [-0.2, -0.15) is 0 Å². The number of rotatable bonds is 4. The highest BCUT2D eigenvalue weighted by Crippen LogP contribution is 2.22. The van der Waals surface area contributed by atoms with Gasteiger partial charge in [-0.15, -0.1) is 0 Å². The molecule has 3 heteroatoms. The normalized spacial score (nSPS) is 11.9. The quantitative estimate of drug-likeness (QED) is 0.879. The molecule has 0 spiro atoms. The van der Waals surface area contributed by atoms with Crippen molar-refractivity contribution in [3.05, 3.63) is 65.2 Å². The monoisotopic (exact) mass is 254 g/mol. The van der Waals surface area contributed by atoms with Crippen LogP contribution in [0.2, 0.25) is 0 Å². The second-order valence-electron chi connectivity index (χ2n) is 4.67. The van der Waals surface area contributed by atoms with Crippen molar-refractivity contribution in [1.29, 1.82) is 0 Å². The van der Waals surface area contributed by atoms with Gasteiger partial charge in [0.2, 0.25) is 5.91 Å². The van der Waals surface area contributed by atoms with E-state index in [9.17, 15) is 4.79 Å². The van der Waals surface area contributed by atoms with Crippen molar-refractivity contribution < 1.29 is 4.79 Å². The number of benzene rings is 2. The molecular weight excluding hydrogens is 236 g/mol. The van der Waals surface area contributed by atoms with E-state index in [4.69, 9.17) is 5.73 Å². The minimum Gasteiger partial charge on any atom is -0.378 e. The fourth-order valence-electron chi connectivity index (χ4n) is 2.04. The molecule has 0 heterocycles. The van der Waals surface area contributed by atoms with Gasteiger partial charge in [0, 0.05) is 17.3 Å². The van der Waals surface area contributed by atoms with Crippen LogP contribution in [0.25, 0.3) is 0 Å². The third-order valence-corrected chi connectivity index (χ3v) is 3.18. The van der Waals surface area contributed by atoms with Crippen LogP contribution in [0.3, 0.4) is 0 Å². The number of anilines is 1. The number of carbonyl (C=O) groups is 1. The van der Waals surface area contributed by atoms with Gasteiger partial charge in [0.1, 0.15) is 0 Å². The summed E-state index contributed by atoms with van der Waals surface area (Å²) in [6, 6.07) is 15.9. The first-order chi connectivity index (χ1) is 9.08. The van der Waals surface area contributed by atoms with Gasteiger partial charge >= 0.3 is 0 Å². The summed E-state index contributed by atoms with van der Waals surface area (Å²) in [6.07, 6.45) is 0. The number of nitrogens with two attached hydrogens (primary N) is 1. The van der Waals surface area contributed by atoms with Gasteiger partial charge in [-0.1, -0.05) is 30.3 Å². The number of carbonyl (C=O) groups excluding carboxylic acids is 1. The third-order valence-electron chi connectivity index (χ3n) is 3.18. The molecule has 2 aromatic carbocycles. The van der Waals surface area contributed by atoms with Crippen LogP contribution >= 0.6 is 0 Å². The van der Waals surface area contributed by atoms with Crippen LogP contribution in [-0.4, -0.2) is 5.91 Å². The molecule has 0 aromatic heterocycles.